The zero-order valence-corrected chi connectivity index (χ0v) is 21.2. The van der Waals surface area contributed by atoms with Crippen LogP contribution in [0.2, 0.25) is 0 Å². The molecular formula is C29H27N3O3S. The van der Waals surface area contributed by atoms with Gasteiger partial charge >= 0.3 is 0 Å². The predicted octanol–water partition coefficient (Wildman–Crippen LogP) is 7.73. The van der Waals surface area contributed by atoms with Gasteiger partial charge in [-0.1, -0.05) is 43.3 Å². The molecule has 0 saturated heterocycles. The number of H-pyrrole nitrogens is 1. The number of hydrogen-bond acceptors (Lipinski definition) is 6. The Morgan fingerprint density at radius 1 is 1.03 bits per heavy atom. The molecule has 0 aliphatic heterocycles. The number of aromatic nitrogens is 2. The maximum Gasteiger partial charge on any atom is 0.171 e. The number of methoxy groups -OCH3 is 1. The monoisotopic (exact) mass is 497 g/mol. The van der Waals surface area contributed by atoms with Crippen LogP contribution in [0.1, 0.15) is 25.0 Å². The van der Waals surface area contributed by atoms with Crippen molar-refractivity contribution in [3.63, 3.8) is 0 Å². The van der Waals surface area contributed by atoms with Crippen LogP contribution >= 0.6 is 11.8 Å². The molecule has 5 rings (SSSR count). The first-order chi connectivity index (χ1) is 17.5. The zero-order chi connectivity index (χ0) is 25.1. The van der Waals surface area contributed by atoms with E-state index in [9.17, 15) is 0 Å². The fourth-order valence-electron chi connectivity index (χ4n) is 4.04. The van der Waals surface area contributed by atoms with E-state index in [4.69, 9.17) is 19.3 Å². The number of aryl methyl sites for hydroxylation is 1. The second-order valence-corrected chi connectivity index (χ2v) is 9.64. The van der Waals surface area contributed by atoms with Gasteiger partial charge < -0.3 is 18.9 Å². The molecule has 0 bridgehead atoms. The van der Waals surface area contributed by atoms with Crippen molar-refractivity contribution >= 4 is 27.8 Å². The number of ether oxygens (including phenoxy) is 2. The molecule has 2 heterocycles. The molecule has 0 saturated carbocycles. The van der Waals surface area contributed by atoms with Gasteiger partial charge in [0.25, 0.3) is 0 Å². The van der Waals surface area contributed by atoms with Crippen molar-refractivity contribution in [2.24, 2.45) is 0 Å². The molecule has 7 heteroatoms. The molecule has 0 radical (unpaired) electrons. The lowest BCUT2D eigenvalue weighted by atomic mass is 10.0. The average molecular weight is 498 g/mol. The molecule has 2 N–H and O–H groups in total. The molecule has 0 fully saturated rings. The van der Waals surface area contributed by atoms with Crippen molar-refractivity contribution in [1.29, 1.82) is 5.41 Å². The highest BCUT2D eigenvalue weighted by atomic mass is 32.2. The second kappa shape index (κ2) is 10.3. The summed E-state index contributed by atoms with van der Waals surface area (Å²) in [6.45, 7) is 4.25. The van der Waals surface area contributed by atoms with Gasteiger partial charge in [-0.05, 0) is 66.1 Å². The number of aromatic amines is 1. The van der Waals surface area contributed by atoms with Crippen molar-refractivity contribution in [3.05, 3.63) is 84.1 Å². The van der Waals surface area contributed by atoms with Crippen LogP contribution in [0.5, 0.6) is 11.5 Å². The van der Waals surface area contributed by atoms with Crippen LogP contribution in [0.4, 0.5) is 0 Å². The molecule has 182 valence electrons. The van der Waals surface area contributed by atoms with Crippen LogP contribution < -0.4 is 9.47 Å². The molecule has 0 aliphatic carbocycles. The van der Waals surface area contributed by atoms with Crippen LogP contribution in [-0.2, 0) is 13.0 Å². The van der Waals surface area contributed by atoms with Crippen molar-refractivity contribution in [2.45, 2.75) is 32.0 Å². The van der Waals surface area contributed by atoms with E-state index >= 15 is 0 Å². The molecule has 0 unspecified atom stereocenters. The molecule has 0 spiro atoms. The van der Waals surface area contributed by atoms with Gasteiger partial charge in [0.15, 0.2) is 10.9 Å². The third-order valence-corrected chi connectivity index (χ3v) is 6.63. The highest BCUT2D eigenvalue weighted by Crippen LogP contribution is 2.34. The summed E-state index contributed by atoms with van der Waals surface area (Å²) >= 11 is 1.27. The Morgan fingerprint density at radius 2 is 1.86 bits per heavy atom. The Morgan fingerprint density at radius 3 is 2.61 bits per heavy atom. The lowest BCUT2D eigenvalue weighted by Crippen LogP contribution is -1.97. The number of hydrogen-bond donors (Lipinski definition) is 2. The number of nitrogens with zero attached hydrogens (tertiary/aromatic N) is 1. The van der Waals surface area contributed by atoms with E-state index in [2.05, 4.69) is 53.3 Å². The molecule has 3 aromatic carbocycles. The highest BCUT2D eigenvalue weighted by Gasteiger charge is 2.15. The second-order valence-electron chi connectivity index (χ2n) is 8.44. The van der Waals surface area contributed by atoms with Crippen LogP contribution in [0.25, 0.3) is 33.6 Å². The van der Waals surface area contributed by atoms with E-state index in [1.807, 2.05) is 30.3 Å². The fourth-order valence-corrected chi connectivity index (χ4v) is 4.59. The van der Waals surface area contributed by atoms with Crippen molar-refractivity contribution in [1.82, 2.24) is 9.97 Å². The minimum atomic E-state index is 0.363. The first kappa shape index (κ1) is 23.8. The third kappa shape index (κ3) is 5.16. The predicted molar refractivity (Wildman–Crippen MR) is 145 cm³/mol. The van der Waals surface area contributed by atoms with Crippen molar-refractivity contribution in [3.8, 4) is 34.1 Å². The third-order valence-electron chi connectivity index (χ3n) is 5.92. The van der Waals surface area contributed by atoms with Gasteiger partial charge in [-0.25, -0.2) is 4.98 Å². The number of imidazole rings is 1. The van der Waals surface area contributed by atoms with Crippen LogP contribution in [0.3, 0.4) is 0 Å². The van der Waals surface area contributed by atoms with Gasteiger partial charge in [0.1, 0.15) is 29.4 Å². The Kier molecular flexibility index (Phi) is 6.82. The summed E-state index contributed by atoms with van der Waals surface area (Å²) in [4.78, 5) is 7.55. The van der Waals surface area contributed by atoms with Crippen LogP contribution in [0.15, 0.2) is 82.5 Å². The maximum absolute atomic E-state index is 7.65. The molecule has 2 aromatic heterocycles. The van der Waals surface area contributed by atoms with E-state index in [1.165, 1.54) is 17.3 Å². The zero-order valence-electron chi connectivity index (χ0n) is 20.4. The standard InChI is InChI=1S/C29H27N3O3S/c1-4-19-8-10-20(11-9-19)21-6-5-7-23(12-21)34-17-22-13-24(33-3)14-27-25(22)15-28(35-27)26-16-31-29(32-26)36-18(2)30/h5-16,30H,4,17H2,1-3H3,(H,31,32). The first-order valence-corrected chi connectivity index (χ1v) is 12.5. The largest absolute Gasteiger partial charge is 0.497 e. The highest BCUT2D eigenvalue weighted by molar-refractivity contribution is 8.13. The SMILES string of the molecule is CCc1ccc(-c2cccc(OCc3cc(OC)cc4oc(-c5cnc(SC(C)=N)[nH]5)cc34)c2)cc1. The Hall–Kier alpha value is -3.97. The van der Waals surface area contributed by atoms with Crippen LogP contribution in [-0.4, -0.2) is 22.1 Å². The number of thioether (sulfide) groups is 1. The van der Waals surface area contributed by atoms with E-state index in [1.54, 1.807) is 20.2 Å². The van der Waals surface area contributed by atoms with E-state index in [-0.39, 0.29) is 0 Å². The molecule has 6 nitrogen and oxygen atoms in total. The average Bonchev–Trinajstić information content (AvgIpc) is 3.54. The minimum absolute atomic E-state index is 0.363. The van der Waals surface area contributed by atoms with Crippen molar-refractivity contribution in [2.75, 3.05) is 7.11 Å². The molecular weight excluding hydrogens is 470 g/mol. The lowest BCUT2D eigenvalue weighted by Gasteiger charge is -2.10. The molecule has 0 amide bonds. The number of rotatable bonds is 8. The van der Waals surface area contributed by atoms with E-state index in [0.29, 0.717) is 33.9 Å². The molecule has 0 aliphatic rings. The van der Waals surface area contributed by atoms with Gasteiger partial charge in [-0.2, -0.15) is 0 Å². The summed E-state index contributed by atoms with van der Waals surface area (Å²) in [5.41, 5.74) is 6.02. The van der Waals surface area contributed by atoms with Gasteiger partial charge in [-0.15, -0.1) is 0 Å². The summed E-state index contributed by atoms with van der Waals surface area (Å²) in [6, 6.07) is 22.6. The number of benzene rings is 3. The number of nitrogens with one attached hydrogen (secondary N) is 2. The summed E-state index contributed by atoms with van der Waals surface area (Å²) in [5.74, 6) is 2.16. The van der Waals surface area contributed by atoms with Gasteiger partial charge in [0.05, 0.1) is 18.4 Å². The van der Waals surface area contributed by atoms with Crippen molar-refractivity contribution < 1.29 is 13.9 Å². The number of furan rings is 1. The summed E-state index contributed by atoms with van der Waals surface area (Å²) < 4.78 is 17.9. The number of fused-ring (bicyclic) bond motifs is 1. The van der Waals surface area contributed by atoms with Gasteiger partial charge in [0.2, 0.25) is 0 Å². The normalized spacial score (nSPS) is 11.1. The first-order valence-electron chi connectivity index (χ1n) is 11.7. The van der Waals surface area contributed by atoms with E-state index in [0.717, 1.165) is 39.9 Å². The smallest absolute Gasteiger partial charge is 0.171 e. The lowest BCUT2D eigenvalue weighted by molar-refractivity contribution is 0.307. The Labute approximate surface area is 214 Å². The minimum Gasteiger partial charge on any atom is -0.497 e. The summed E-state index contributed by atoms with van der Waals surface area (Å²) in [6.07, 6.45) is 2.74. The summed E-state index contributed by atoms with van der Waals surface area (Å²) in [5, 5.41) is 9.72. The molecule has 36 heavy (non-hydrogen) atoms. The topological polar surface area (TPSA) is 84.1 Å². The Bertz CT molecular complexity index is 1520. The van der Waals surface area contributed by atoms with E-state index < -0.39 is 0 Å². The quantitative estimate of drug-likeness (QED) is 0.130. The van der Waals surface area contributed by atoms with Gasteiger partial charge in [-0.3, -0.25) is 5.41 Å². The molecule has 0 atom stereocenters. The fraction of sp³-hybridized carbons (Fsp3) is 0.172. The molecule has 5 aromatic rings. The maximum atomic E-state index is 7.65. The van der Waals surface area contributed by atoms with Gasteiger partial charge in [0, 0.05) is 17.0 Å². The summed E-state index contributed by atoms with van der Waals surface area (Å²) in [7, 11) is 1.64. The van der Waals surface area contributed by atoms with Crippen LogP contribution in [0, 0.1) is 5.41 Å². The Balaban J connectivity index is 1.40.